The molecule has 2 fully saturated rings. The summed E-state index contributed by atoms with van der Waals surface area (Å²) in [7, 11) is 0. The molecule has 0 saturated heterocycles. The van der Waals surface area contributed by atoms with Crippen molar-refractivity contribution in [1.29, 1.82) is 5.26 Å². The predicted molar refractivity (Wildman–Crippen MR) is 136 cm³/mol. The Bertz CT molecular complexity index is 1280. The van der Waals surface area contributed by atoms with E-state index in [4.69, 9.17) is 9.40 Å². The van der Waals surface area contributed by atoms with Crippen molar-refractivity contribution in [2.45, 2.75) is 83.8 Å². The van der Waals surface area contributed by atoms with Crippen molar-refractivity contribution < 1.29 is 9.52 Å². The molecule has 2 heterocycles. The van der Waals surface area contributed by atoms with Gasteiger partial charge < -0.3 is 20.2 Å². The number of aliphatic hydroxyl groups excluding tert-OH is 1. The Morgan fingerprint density at radius 3 is 2.69 bits per heavy atom. The second kappa shape index (κ2) is 8.80. The van der Waals surface area contributed by atoms with Crippen LogP contribution in [0, 0.1) is 23.7 Å². The maximum atomic E-state index is 9.94. The van der Waals surface area contributed by atoms with Gasteiger partial charge in [0.1, 0.15) is 5.69 Å². The van der Waals surface area contributed by atoms with Crippen LogP contribution in [0.5, 0.6) is 0 Å². The minimum Gasteiger partial charge on any atom is -0.402 e. The predicted octanol–water partition coefficient (Wildman–Crippen LogP) is 5.32. The maximum Gasteiger partial charge on any atom is 0.316 e. The number of hydrogen-bond acceptors (Lipinski definition) is 8. The summed E-state index contributed by atoms with van der Waals surface area (Å²) in [5.74, 6) is 0.376. The molecular formula is C27H34N6O2. The van der Waals surface area contributed by atoms with E-state index >= 15 is 0 Å². The van der Waals surface area contributed by atoms with Gasteiger partial charge in [-0.15, -0.1) is 5.10 Å². The number of aromatic nitrogens is 3. The maximum absolute atomic E-state index is 9.94. The molecule has 3 aromatic rings. The average Bonchev–Trinajstić information content (AvgIpc) is 3.45. The van der Waals surface area contributed by atoms with Gasteiger partial charge in [0.2, 0.25) is 0 Å². The third-order valence-corrected chi connectivity index (χ3v) is 7.27. The number of nitriles is 1. The highest BCUT2D eigenvalue weighted by molar-refractivity contribution is 5.90. The third kappa shape index (κ3) is 4.96. The number of anilines is 2. The van der Waals surface area contributed by atoms with Crippen LogP contribution in [-0.2, 0) is 5.41 Å². The van der Waals surface area contributed by atoms with Crippen molar-refractivity contribution >= 4 is 22.6 Å². The number of nitrogens with one attached hydrogen (secondary N) is 2. The Hall–Kier alpha value is -3.18. The molecule has 1 aromatic carbocycles. The third-order valence-electron chi connectivity index (χ3n) is 7.27. The monoisotopic (exact) mass is 474 g/mol. The summed E-state index contributed by atoms with van der Waals surface area (Å²) in [5, 5.41) is 35.7. The van der Waals surface area contributed by atoms with Crippen molar-refractivity contribution in [3.63, 3.8) is 0 Å². The van der Waals surface area contributed by atoms with Crippen molar-refractivity contribution in [3.05, 3.63) is 29.3 Å². The molecule has 0 amide bonds. The van der Waals surface area contributed by atoms with Crippen LogP contribution in [0.25, 0.3) is 22.5 Å². The normalized spacial score (nSPS) is 21.5. The number of aliphatic hydroxyl groups is 1. The van der Waals surface area contributed by atoms with Gasteiger partial charge in [-0.25, -0.2) is 4.98 Å². The summed E-state index contributed by atoms with van der Waals surface area (Å²) in [5.41, 5.74) is 4.43. The summed E-state index contributed by atoms with van der Waals surface area (Å²) in [4.78, 5) is 4.98. The van der Waals surface area contributed by atoms with E-state index in [0.717, 1.165) is 59.8 Å². The van der Waals surface area contributed by atoms with Crippen molar-refractivity contribution in [1.82, 2.24) is 15.2 Å². The van der Waals surface area contributed by atoms with Gasteiger partial charge in [-0.2, -0.15) is 5.26 Å². The molecule has 0 bridgehead atoms. The van der Waals surface area contributed by atoms with Gasteiger partial charge in [0.05, 0.1) is 23.1 Å². The first kappa shape index (κ1) is 23.6. The van der Waals surface area contributed by atoms with Crippen LogP contribution in [0.4, 0.5) is 11.7 Å². The molecule has 8 nitrogen and oxygen atoms in total. The Labute approximate surface area is 206 Å². The summed E-state index contributed by atoms with van der Waals surface area (Å²) in [6, 6.07) is 9.21. The van der Waals surface area contributed by atoms with Crippen molar-refractivity contribution in [3.8, 4) is 17.7 Å². The summed E-state index contributed by atoms with van der Waals surface area (Å²) in [6.07, 6.45) is 5.13. The van der Waals surface area contributed by atoms with E-state index in [1.165, 1.54) is 0 Å². The highest BCUT2D eigenvalue weighted by Gasteiger charge is 2.42. The topological polar surface area (TPSA) is 120 Å². The van der Waals surface area contributed by atoms with Crippen LogP contribution in [0.15, 0.2) is 22.6 Å². The number of pyridine rings is 1. The van der Waals surface area contributed by atoms with Crippen LogP contribution in [-0.4, -0.2) is 39.0 Å². The fourth-order valence-electron chi connectivity index (χ4n) is 4.88. The number of benzene rings is 1. The zero-order chi connectivity index (χ0) is 24.8. The zero-order valence-corrected chi connectivity index (χ0v) is 21.0. The van der Waals surface area contributed by atoms with E-state index in [1.54, 1.807) is 0 Å². The van der Waals surface area contributed by atoms with E-state index in [1.807, 2.05) is 6.07 Å². The van der Waals surface area contributed by atoms with Crippen LogP contribution < -0.4 is 10.6 Å². The van der Waals surface area contributed by atoms with E-state index in [0.29, 0.717) is 30.6 Å². The fraction of sp³-hybridized carbons (Fsp3) is 0.556. The molecule has 2 aliphatic rings. The molecule has 2 aliphatic carbocycles. The molecule has 0 spiro atoms. The minimum absolute atomic E-state index is 0.132. The second-order valence-electron chi connectivity index (χ2n) is 11.3. The molecule has 5 rings (SSSR count). The van der Waals surface area contributed by atoms with E-state index < -0.39 is 0 Å². The van der Waals surface area contributed by atoms with Gasteiger partial charge in [-0.1, -0.05) is 25.9 Å². The molecule has 0 radical (unpaired) electrons. The lowest BCUT2D eigenvalue weighted by Crippen LogP contribution is -2.29. The van der Waals surface area contributed by atoms with Crippen LogP contribution in [0.1, 0.15) is 70.4 Å². The standard InChI is InChI=1S/C27H34N6O2/c1-16-10-22(24-32-33-25(35-24)30-17-6-5-7-19(34)11-17)31-23-20(16)12-18(13-21(23)26(2,3)4)29-15-27(14-28)8-9-27/h10,12-13,17,19,29,34H,5-9,11,15H2,1-4H3,(H,30,33)/t17-,19+/m1/s1. The Kier molecular flexibility index (Phi) is 5.92. The molecular weight excluding hydrogens is 440 g/mol. The van der Waals surface area contributed by atoms with Crippen LogP contribution >= 0.6 is 0 Å². The first-order valence-corrected chi connectivity index (χ1v) is 12.6. The van der Waals surface area contributed by atoms with Crippen molar-refractivity contribution in [2.75, 3.05) is 17.2 Å². The van der Waals surface area contributed by atoms with E-state index in [9.17, 15) is 10.4 Å². The fourth-order valence-corrected chi connectivity index (χ4v) is 4.88. The summed E-state index contributed by atoms with van der Waals surface area (Å²) < 4.78 is 5.94. The first-order chi connectivity index (χ1) is 16.7. The van der Waals surface area contributed by atoms with Crippen LogP contribution in [0.3, 0.4) is 0 Å². The molecule has 184 valence electrons. The zero-order valence-electron chi connectivity index (χ0n) is 21.0. The van der Waals surface area contributed by atoms with Gasteiger partial charge in [0, 0.05) is 23.7 Å². The van der Waals surface area contributed by atoms with E-state index in [-0.39, 0.29) is 23.0 Å². The number of nitrogens with zero attached hydrogens (tertiary/aromatic N) is 4. The molecule has 2 aromatic heterocycles. The molecule has 2 saturated carbocycles. The lowest BCUT2D eigenvalue weighted by molar-refractivity contribution is 0.124. The van der Waals surface area contributed by atoms with Gasteiger partial charge >= 0.3 is 6.01 Å². The van der Waals surface area contributed by atoms with Gasteiger partial charge in [0.25, 0.3) is 5.89 Å². The summed E-state index contributed by atoms with van der Waals surface area (Å²) in [6.45, 7) is 9.28. The Morgan fingerprint density at radius 1 is 1.20 bits per heavy atom. The molecule has 0 aliphatic heterocycles. The van der Waals surface area contributed by atoms with Crippen molar-refractivity contribution in [2.24, 2.45) is 5.41 Å². The summed E-state index contributed by atoms with van der Waals surface area (Å²) >= 11 is 0. The minimum atomic E-state index is -0.279. The Morgan fingerprint density at radius 2 is 2.00 bits per heavy atom. The van der Waals surface area contributed by atoms with Gasteiger partial charge in [-0.3, -0.25) is 0 Å². The second-order valence-corrected chi connectivity index (χ2v) is 11.3. The molecule has 2 atom stereocenters. The average molecular weight is 475 g/mol. The SMILES string of the molecule is Cc1cc(-c2nnc(N[C@@H]3CCC[C@H](O)C3)o2)nc2c(C(C)(C)C)cc(NCC3(C#N)CC3)cc12. The lowest BCUT2D eigenvalue weighted by Gasteiger charge is -2.25. The molecule has 0 unspecified atom stereocenters. The van der Waals surface area contributed by atoms with Gasteiger partial charge in [-0.05, 0) is 80.2 Å². The number of fused-ring (bicyclic) bond motifs is 1. The smallest absolute Gasteiger partial charge is 0.316 e. The quantitative estimate of drug-likeness (QED) is 0.439. The largest absolute Gasteiger partial charge is 0.402 e. The lowest BCUT2D eigenvalue weighted by atomic mass is 9.84. The van der Waals surface area contributed by atoms with Crippen LogP contribution in [0.2, 0.25) is 0 Å². The van der Waals surface area contributed by atoms with Gasteiger partial charge in [0.15, 0.2) is 0 Å². The molecule has 35 heavy (non-hydrogen) atoms. The number of rotatable bonds is 6. The first-order valence-electron chi connectivity index (χ1n) is 12.6. The van der Waals surface area contributed by atoms with E-state index in [2.05, 4.69) is 66.7 Å². The molecule has 3 N–H and O–H groups in total. The number of aryl methyl sites for hydroxylation is 1. The highest BCUT2D eigenvalue weighted by atomic mass is 16.4. The number of hydrogen-bond donors (Lipinski definition) is 3. The Balaban J connectivity index is 1.46. The molecule has 8 heteroatoms. The highest BCUT2D eigenvalue weighted by Crippen LogP contribution is 2.45.